The van der Waals surface area contributed by atoms with E-state index in [1.54, 1.807) is 4.90 Å². The van der Waals surface area contributed by atoms with Gasteiger partial charge in [-0.3, -0.25) is 4.79 Å². The molecule has 0 aromatic carbocycles. The highest BCUT2D eigenvalue weighted by Gasteiger charge is 2.44. The van der Waals surface area contributed by atoms with Crippen molar-refractivity contribution in [3.8, 4) is 0 Å². The zero-order valence-corrected chi connectivity index (χ0v) is 10.5. The van der Waals surface area contributed by atoms with Crippen LogP contribution < -0.4 is 5.32 Å². The monoisotopic (exact) mass is 264 g/mol. The molecule has 6 heteroatoms. The Balaban J connectivity index is 1.92. The zero-order valence-electron chi connectivity index (χ0n) is 10.5. The van der Waals surface area contributed by atoms with Gasteiger partial charge in [0.25, 0.3) is 0 Å². The van der Waals surface area contributed by atoms with Gasteiger partial charge in [0, 0.05) is 19.6 Å². The summed E-state index contributed by atoms with van der Waals surface area (Å²) in [6.07, 6.45) is -3.27. The highest BCUT2D eigenvalue weighted by atomic mass is 19.4. The van der Waals surface area contributed by atoms with E-state index in [-0.39, 0.29) is 31.8 Å². The van der Waals surface area contributed by atoms with E-state index < -0.39 is 17.5 Å². The van der Waals surface area contributed by atoms with Gasteiger partial charge in [-0.1, -0.05) is 0 Å². The van der Waals surface area contributed by atoms with Gasteiger partial charge in [-0.2, -0.15) is 13.2 Å². The van der Waals surface area contributed by atoms with Crippen molar-refractivity contribution in [3.63, 3.8) is 0 Å². The molecule has 0 aromatic heterocycles. The molecule has 0 saturated carbocycles. The summed E-state index contributed by atoms with van der Waals surface area (Å²) in [6, 6.07) is 0. The molecule has 2 heterocycles. The van der Waals surface area contributed by atoms with Crippen molar-refractivity contribution < 1.29 is 18.0 Å². The summed E-state index contributed by atoms with van der Waals surface area (Å²) in [7, 11) is 0. The number of hydrogen-bond donors (Lipinski definition) is 1. The average Bonchev–Trinajstić information content (AvgIpc) is 2.75. The maximum absolute atomic E-state index is 12.5. The van der Waals surface area contributed by atoms with Crippen LogP contribution >= 0.6 is 0 Å². The van der Waals surface area contributed by atoms with Crippen LogP contribution in [0.1, 0.15) is 26.2 Å². The number of carbonyl (C=O) groups is 1. The number of piperidine rings is 1. The van der Waals surface area contributed by atoms with Crippen LogP contribution in [-0.2, 0) is 4.79 Å². The molecule has 1 unspecified atom stereocenters. The average molecular weight is 264 g/mol. The van der Waals surface area contributed by atoms with Gasteiger partial charge in [0.05, 0.1) is 11.3 Å². The van der Waals surface area contributed by atoms with Gasteiger partial charge >= 0.3 is 6.18 Å². The number of nitrogens with zero attached hydrogens (tertiary/aromatic N) is 1. The number of amides is 1. The minimum absolute atomic E-state index is 0.00752. The van der Waals surface area contributed by atoms with Crippen LogP contribution in [0.25, 0.3) is 0 Å². The van der Waals surface area contributed by atoms with E-state index >= 15 is 0 Å². The number of rotatable bonds is 1. The molecular weight excluding hydrogens is 245 g/mol. The first-order valence-corrected chi connectivity index (χ1v) is 6.40. The number of carbonyl (C=O) groups excluding carboxylic acids is 1. The molecule has 0 spiro atoms. The van der Waals surface area contributed by atoms with E-state index in [1.165, 1.54) is 0 Å². The number of hydrogen-bond acceptors (Lipinski definition) is 2. The molecule has 2 fully saturated rings. The Kier molecular flexibility index (Phi) is 3.58. The second-order valence-corrected chi connectivity index (χ2v) is 5.60. The summed E-state index contributed by atoms with van der Waals surface area (Å²) < 4.78 is 37.6. The quantitative estimate of drug-likeness (QED) is 0.783. The third kappa shape index (κ3) is 2.63. The van der Waals surface area contributed by atoms with Crippen molar-refractivity contribution in [1.29, 1.82) is 0 Å². The molecule has 2 aliphatic rings. The number of nitrogens with one attached hydrogen (secondary N) is 1. The van der Waals surface area contributed by atoms with Crippen molar-refractivity contribution in [2.45, 2.75) is 32.4 Å². The number of likely N-dealkylation sites (tertiary alicyclic amines) is 1. The Morgan fingerprint density at radius 2 is 1.94 bits per heavy atom. The standard InChI is InChI=1S/C12H19F3N2O/c1-11(4-5-16-8-11)10(18)17-6-2-9(3-7-17)12(13,14)15/h9,16H,2-8H2,1H3. The maximum Gasteiger partial charge on any atom is 0.391 e. The minimum atomic E-state index is -4.12. The van der Waals surface area contributed by atoms with Crippen LogP contribution in [0.4, 0.5) is 13.2 Å². The van der Waals surface area contributed by atoms with Gasteiger partial charge in [-0.25, -0.2) is 0 Å². The smallest absolute Gasteiger partial charge is 0.342 e. The summed E-state index contributed by atoms with van der Waals surface area (Å²) >= 11 is 0. The molecule has 0 aromatic rings. The van der Waals surface area contributed by atoms with Crippen LogP contribution in [0.5, 0.6) is 0 Å². The van der Waals surface area contributed by atoms with Gasteiger partial charge in [-0.15, -0.1) is 0 Å². The Morgan fingerprint density at radius 1 is 1.33 bits per heavy atom. The normalized spacial score (nSPS) is 30.8. The zero-order chi connectivity index (χ0) is 13.4. The fourth-order valence-electron chi connectivity index (χ4n) is 2.79. The van der Waals surface area contributed by atoms with Gasteiger partial charge < -0.3 is 10.2 Å². The maximum atomic E-state index is 12.5. The molecule has 104 valence electrons. The largest absolute Gasteiger partial charge is 0.391 e. The Hall–Kier alpha value is -0.780. The summed E-state index contributed by atoms with van der Waals surface area (Å²) in [5.74, 6) is -1.23. The summed E-state index contributed by atoms with van der Waals surface area (Å²) in [4.78, 5) is 13.9. The first-order valence-electron chi connectivity index (χ1n) is 6.40. The van der Waals surface area contributed by atoms with E-state index in [1.807, 2.05) is 6.92 Å². The predicted molar refractivity (Wildman–Crippen MR) is 61.0 cm³/mol. The lowest BCUT2D eigenvalue weighted by molar-refractivity contribution is -0.187. The minimum Gasteiger partial charge on any atom is -0.342 e. The molecule has 1 atom stereocenters. The van der Waals surface area contributed by atoms with Gasteiger partial charge in [0.2, 0.25) is 5.91 Å². The number of halogens is 3. The van der Waals surface area contributed by atoms with Gasteiger partial charge in [0.1, 0.15) is 0 Å². The van der Waals surface area contributed by atoms with Crippen molar-refractivity contribution in [1.82, 2.24) is 10.2 Å². The Morgan fingerprint density at radius 3 is 2.39 bits per heavy atom. The van der Waals surface area contributed by atoms with Crippen LogP contribution in [0, 0.1) is 11.3 Å². The molecular formula is C12H19F3N2O. The number of alkyl halides is 3. The predicted octanol–water partition coefficient (Wildman–Crippen LogP) is 1.79. The van der Waals surface area contributed by atoms with Crippen LogP contribution in [-0.4, -0.2) is 43.2 Å². The van der Waals surface area contributed by atoms with E-state index in [2.05, 4.69) is 5.32 Å². The second kappa shape index (κ2) is 4.72. The summed E-state index contributed by atoms with van der Waals surface area (Å²) in [5.41, 5.74) is -0.426. The van der Waals surface area contributed by atoms with Crippen LogP contribution in [0.15, 0.2) is 0 Å². The summed E-state index contributed by atoms with van der Waals surface area (Å²) in [6.45, 7) is 3.80. The molecule has 0 aliphatic carbocycles. The van der Waals surface area contributed by atoms with E-state index in [0.717, 1.165) is 13.0 Å². The third-order valence-corrected chi connectivity index (χ3v) is 4.13. The SMILES string of the molecule is CC1(C(=O)N2CCC(C(F)(F)F)CC2)CCNC1. The highest BCUT2D eigenvalue weighted by molar-refractivity contribution is 5.83. The lowest BCUT2D eigenvalue weighted by Crippen LogP contribution is -2.48. The molecule has 3 nitrogen and oxygen atoms in total. The van der Waals surface area contributed by atoms with Gasteiger partial charge in [0.15, 0.2) is 0 Å². The molecule has 1 N–H and O–H groups in total. The Labute approximate surface area is 105 Å². The topological polar surface area (TPSA) is 32.3 Å². The van der Waals surface area contributed by atoms with Crippen molar-refractivity contribution in [2.75, 3.05) is 26.2 Å². The van der Waals surface area contributed by atoms with Crippen molar-refractivity contribution in [2.24, 2.45) is 11.3 Å². The molecule has 2 aliphatic heterocycles. The molecule has 18 heavy (non-hydrogen) atoms. The fraction of sp³-hybridized carbons (Fsp3) is 0.917. The Bertz CT molecular complexity index is 316. The second-order valence-electron chi connectivity index (χ2n) is 5.60. The van der Waals surface area contributed by atoms with E-state index in [4.69, 9.17) is 0 Å². The fourth-order valence-corrected chi connectivity index (χ4v) is 2.79. The van der Waals surface area contributed by atoms with Crippen molar-refractivity contribution >= 4 is 5.91 Å². The first kappa shape index (κ1) is 13.6. The molecule has 0 bridgehead atoms. The third-order valence-electron chi connectivity index (χ3n) is 4.13. The van der Waals surface area contributed by atoms with Crippen molar-refractivity contribution in [3.05, 3.63) is 0 Å². The molecule has 2 rings (SSSR count). The molecule has 0 radical (unpaired) electrons. The van der Waals surface area contributed by atoms with E-state index in [9.17, 15) is 18.0 Å². The molecule has 2 saturated heterocycles. The summed E-state index contributed by atoms with van der Waals surface area (Å²) in [5, 5.41) is 3.14. The molecule has 1 amide bonds. The van der Waals surface area contributed by atoms with Crippen LogP contribution in [0.3, 0.4) is 0 Å². The van der Waals surface area contributed by atoms with Crippen LogP contribution in [0.2, 0.25) is 0 Å². The highest BCUT2D eigenvalue weighted by Crippen LogP contribution is 2.36. The van der Waals surface area contributed by atoms with Gasteiger partial charge in [-0.05, 0) is 32.7 Å². The first-order chi connectivity index (χ1) is 8.33. The lowest BCUT2D eigenvalue weighted by atomic mass is 9.86. The lowest BCUT2D eigenvalue weighted by Gasteiger charge is -2.37. The van der Waals surface area contributed by atoms with E-state index in [0.29, 0.717) is 6.54 Å².